The Labute approximate surface area is 90.2 Å². The van der Waals surface area contributed by atoms with E-state index in [2.05, 4.69) is 5.32 Å². The normalized spacial score (nSPS) is 11.4. The smallest absolute Gasteiger partial charge is 0.263 e. The lowest BCUT2D eigenvalue weighted by Gasteiger charge is -2.03. The van der Waals surface area contributed by atoms with E-state index in [0.29, 0.717) is 11.6 Å². The zero-order valence-electron chi connectivity index (χ0n) is 7.60. The molecular weight excluding hydrogens is 220 g/mol. The van der Waals surface area contributed by atoms with Crippen LogP contribution in [0, 0.1) is 10.1 Å². The molecule has 0 unspecified atom stereocenters. The largest absolute Gasteiger partial charge is 0.370 e. The van der Waals surface area contributed by atoms with Crippen molar-refractivity contribution in [2.75, 3.05) is 6.26 Å². The van der Waals surface area contributed by atoms with Crippen LogP contribution in [0.3, 0.4) is 0 Å². The molecule has 0 saturated carbocycles. The number of nitro groups is 1. The maximum atomic E-state index is 10.2. The van der Waals surface area contributed by atoms with Gasteiger partial charge in [-0.1, -0.05) is 6.07 Å². The first-order valence-electron chi connectivity index (χ1n) is 3.88. The topological polar surface area (TPSA) is 55.2 Å². The molecule has 0 aliphatic carbocycles. The van der Waals surface area contributed by atoms with Crippen LogP contribution in [0.15, 0.2) is 28.7 Å². The number of hydrogen-bond acceptors (Lipinski definition) is 5. The monoisotopic (exact) mass is 230 g/mol. The van der Waals surface area contributed by atoms with Gasteiger partial charge in [-0.2, -0.15) is 0 Å². The first-order valence-corrected chi connectivity index (χ1v) is 5.98. The van der Waals surface area contributed by atoms with Gasteiger partial charge in [-0.05, 0) is 17.7 Å². The Morgan fingerprint density at radius 3 is 3.14 bits per heavy atom. The quantitative estimate of drug-likeness (QED) is 0.623. The lowest BCUT2D eigenvalue weighted by Crippen LogP contribution is -2.10. The van der Waals surface area contributed by atoms with Crippen LogP contribution in [0.4, 0.5) is 0 Å². The van der Waals surface area contributed by atoms with E-state index in [1.165, 1.54) is 11.8 Å². The van der Waals surface area contributed by atoms with Crippen LogP contribution in [-0.4, -0.2) is 11.2 Å². The summed E-state index contributed by atoms with van der Waals surface area (Å²) in [5.41, 5.74) is 0. The van der Waals surface area contributed by atoms with E-state index in [4.69, 9.17) is 0 Å². The Balaban J connectivity index is 2.46. The van der Waals surface area contributed by atoms with Crippen molar-refractivity contribution >= 4 is 23.1 Å². The highest BCUT2D eigenvalue weighted by atomic mass is 32.2. The van der Waals surface area contributed by atoms with Crippen LogP contribution < -0.4 is 5.32 Å². The zero-order valence-corrected chi connectivity index (χ0v) is 9.23. The van der Waals surface area contributed by atoms with Gasteiger partial charge in [0.15, 0.2) is 0 Å². The number of thioether (sulfide) groups is 1. The molecule has 6 heteroatoms. The van der Waals surface area contributed by atoms with Gasteiger partial charge in [0.2, 0.25) is 0 Å². The van der Waals surface area contributed by atoms with Gasteiger partial charge in [-0.25, -0.2) is 0 Å². The van der Waals surface area contributed by atoms with Crippen molar-refractivity contribution in [1.82, 2.24) is 5.32 Å². The van der Waals surface area contributed by atoms with E-state index in [9.17, 15) is 10.1 Å². The molecule has 0 spiro atoms. The van der Waals surface area contributed by atoms with Gasteiger partial charge in [0.25, 0.3) is 6.20 Å². The molecule has 14 heavy (non-hydrogen) atoms. The average Bonchev–Trinajstić information content (AvgIpc) is 2.64. The standard InChI is InChI=1S/C8H10N2O2S2/c1-13-8(6-10(11)12)9-5-7-3-2-4-14-7/h2-4,6,9H,5H2,1H3/b8-6-. The Morgan fingerprint density at radius 2 is 2.64 bits per heavy atom. The van der Waals surface area contributed by atoms with Crippen LogP contribution >= 0.6 is 23.1 Å². The van der Waals surface area contributed by atoms with E-state index in [-0.39, 0.29) is 0 Å². The molecule has 0 atom stereocenters. The van der Waals surface area contributed by atoms with E-state index in [0.717, 1.165) is 11.1 Å². The molecule has 0 aromatic carbocycles. The third-order valence-electron chi connectivity index (χ3n) is 1.46. The van der Waals surface area contributed by atoms with Crippen LogP contribution in [0.1, 0.15) is 4.88 Å². The van der Waals surface area contributed by atoms with Gasteiger partial charge in [0.05, 0.1) is 11.5 Å². The molecule has 1 heterocycles. The van der Waals surface area contributed by atoms with E-state index in [1.807, 2.05) is 17.5 Å². The van der Waals surface area contributed by atoms with Crippen LogP contribution in [0.25, 0.3) is 0 Å². The second kappa shape index (κ2) is 5.66. The highest BCUT2D eigenvalue weighted by molar-refractivity contribution is 8.02. The van der Waals surface area contributed by atoms with Gasteiger partial charge in [0, 0.05) is 4.88 Å². The summed E-state index contributed by atoms with van der Waals surface area (Å²) >= 11 is 2.96. The predicted octanol–water partition coefficient (Wildman–Crippen LogP) is 2.28. The summed E-state index contributed by atoms with van der Waals surface area (Å²) in [5.74, 6) is 0. The zero-order chi connectivity index (χ0) is 10.4. The third kappa shape index (κ3) is 3.80. The molecule has 0 saturated heterocycles. The Bertz CT molecular complexity index is 322. The molecule has 0 amide bonds. The highest BCUT2D eigenvalue weighted by Gasteiger charge is 2.01. The average molecular weight is 230 g/mol. The van der Waals surface area contributed by atoms with Gasteiger partial charge in [-0.15, -0.1) is 23.1 Å². The van der Waals surface area contributed by atoms with Crippen molar-refractivity contribution < 1.29 is 4.92 Å². The van der Waals surface area contributed by atoms with E-state index < -0.39 is 4.92 Å². The molecule has 4 nitrogen and oxygen atoms in total. The minimum absolute atomic E-state index is 0.451. The van der Waals surface area contributed by atoms with E-state index >= 15 is 0 Å². The molecule has 0 aliphatic heterocycles. The number of hydrogen-bond donors (Lipinski definition) is 1. The van der Waals surface area contributed by atoms with Crippen molar-refractivity contribution in [1.29, 1.82) is 0 Å². The number of nitrogens with one attached hydrogen (secondary N) is 1. The van der Waals surface area contributed by atoms with Crippen molar-refractivity contribution in [3.05, 3.63) is 43.7 Å². The SMILES string of the molecule is CS/C(=C\[N+](=O)[O-])NCc1cccs1. The third-order valence-corrected chi connectivity index (χ3v) is 3.03. The Morgan fingerprint density at radius 1 is 1.86 bits per heavy atom. The van der Waals surface area contributed by atoms with Gasteiger partial charge < -0.3 is 5.32 Å². The molecule has 76 valence electrons. The first kappa shape index (κ1) is 11.1. The second-order valence-electron chi connectivity index (χ2n) is 2.42. The van der Waals surface area contributed by atoms with Crippen LogP contribution in [-0.2, 0) is 6.54 Å². The van der Waals surface area contributed by atoms with Crippen molar-refractivity contribution in [3.63, 3.8) is 0 Å². The number of nitrogens with zero attached hydrogens (tertiary/aromatic N) is 1. The maximum absolute atomic E-state index is 10.2. The van der Waals surface area contributed by atoms with Crippen LogP contribution in [0.5, 0.6) is 0 Å². The van der Waals surface area contributed by atoms with E-state index in [1.54, 1.807) is 17.6 Å². The minimum atomic E-state index is -0.451. The minimum Gasteiger partial charge on any atom is -0.370 e. The Hall–Kier alpha value is -1.01. The van der Waals surface area contributed by atoms with Gasteiger partial charge >= 0.3 is 0 Å². The molecule has 0 radical (unpaired) electrons. The molecule has 0 aliphatic rings. The fraction of sp³-hybridized carbons (Fsp3) is 0.250. The number of rotatable bonds is 5. The van der Waals surface area contributed by atoms with Crippen molar-refractivity contribution in [2.45, 2.75) is 6.54 Å². The number of thiophene rings is 1. The molecule has 1 rings (SSSR count). The fourth-order valence-electron chi connectivity index (χ4n) is 0.854. The maximum Gasteiger partial charge on any atom is 0.263 e. The Kier molecular flexibility index (Phi) is 4.48. The summed E-state index contributed by atoms with van der Waals surface area (Å²) in [6.45, 7) is 0.637. The summed E-state index contributed by atoms with van der Waals surface area (Å²) in [6.07, 6.45) is 2.79. The molecule has 0 fully saturated rings. The summed E-state index contributed by atoms with van der Waals surface area (Å²) in [7, 11) is 0. The summed E-state index contributed by atoms with van der Waals surface area (Å²) in [4.78, 5) is 10.9. The molecule has 1 aromatic rings. The predicted molar refractivity (Wildman–Crippen MR) is 59.8 cm³/mol. The molecule has 0 bridgehead atoms. The highest BCUT2D eigenvalue weighted by Crippen LogP contribution is 2.12. The fourth-order valence-corrected chi connectivity index (χ4v) is 1.91. The summed E-state index contributed by atoms with van der Waals surface area (Å²) < 4.78 is 0. The summed E-state index contributed by atoms with van der Waals surface area (Å²) in [6, 6.07) is 3.94. The summed E-state index contributed by atoms with van der Waals surface area (Å²) in [5, 5.41) is 15.8. The lowest BCUT2D eigenvalue weighted by atomic mass is 10.5. The lowest BCUT2D eigenvalue weighted by molar-refractivity contribution is -0.403. The van der Waals surface area contributed by atoms with Crippen LogP contribution in [0.2, 0.25) is 0 Å². The van der Waals surface area contributed by atoms with Gasteiger partial charge in [0.1, 0.15) is 5.03 Å². The molecular formula is C8H10N2O2S2. The van der Waals surface area contributed by atoms with Gasteiger partial charge in [-0.3, -0.25) is 10.1 Å². The van der Waals surface area contributed by atoms with Crippen molar-refractivity contribution in [3.8, 4) is 0 Å². The second-order valence-corrected chi connectivity index (χ2v) is 4.30. The first-order chi connectivity index (χ1) is 6.72. The molecule has 1 N–H and O–H groups in total. The molecule has 1 aromatic heterocycles. The van der Waals surface area contributed by atoms with Crippen molar-refractivity contribution in [2.24, 2.45) is 0 Å².